The van der Waals surface area contributed by atoms with Crippen molar-refractivity contribution in [3.05, 3.63) is 28.6 Å². The maximum Gasteiger partial charge on any atom is 0.338 e. The van der Waals surface area contributed by atoms with Gasteiger partial charge < -0.3 is 14.2 Å². The maximum atomic E-state index is 12.5. The van der Waals surface area contributed by atoms with Crippen LogP contribution in [-0.2, 0) is 30.7 Å². The molecule has 1 aliphatic rings. The molecule has 2 amide bonds. The number of sulfone groups is 1. The van der Waals surface area contributed by atoms with Gasteiger partial charge in [-0.1, -0.05) is 24.2 Å². The number of benzene rings is 1. The first kappa shape index (κ1) is 25.6. The van der Waals surface area contributed by atoms with Gasteiger partial charge in [-0.15, -0.1) is 6.42 Å². The number of thiazole rings is 1. The third-order valence-electron chi connectivity index (χ3n) is 5.36. The number of carbonyl (C=O) groups is 3. The maximum absolute atomic E-state index is 12.5. The summed E-state index contributed by atoms with van der Waals surface area (Å²) in [5, 5.41) is 0. The molecule has 1 aliphatic heterocycles. The van der Waals surface area contributed by atoms with Crippen LogP contribution in [0.25, 0.3) is 10.2 Å². The Morgan fingerprint density at radius 3 is 2.74 bits per heavy atom. The molecule has 1 unspecified atom stereocenters. The first-order valence-corrected chi connectivity index (χ1v) is 13.6. The summed E-state index contributed by atoms with van der Waals surface area (Å²) in [5.74, 6) is -0.644. The molecule has 2 heterocycles. The minimum Gasteiger partial charge on any atom is -0.462 e. The quantitative estimate of drug-likeness (QED) is 0.417. The van der Waals surface area contributed by atoms with Crippen molar-refractivity contribution in [2.45, 2.75) is 33.2 Å². The van der Waals surface area contributed by atoms with Gasteiger partial charge in [0.15, 0.2) is 14.6 Å². The Bertz CT molecular complexity index is 1320. The highest BCUT2D eigenvalue weighted by atomic mass is 32.2. The van der Waals surface area contributed by atoms with E-state index in [0.29, 0.717) is 34.8 Å². The monoisotopic (exact) mass is 505 g/mol. The molecule has 2 aromatic rings. The molecule has 1 atom stereocenters. The van der Waals surface area contributed by atoms with E-state index in [9.17, 15) is 22.8 Å². The lowest BCUT2D eigenvalue weighted by Crippen LogP contribution is -2.42. The van der Waals surface area contributed by atoms with E-state index < -0.39 is 39.1 Å². The van der Waals surface area contributed by atoms with Gasteiger partial charge >= 0.3 is 5.97 Å². The molecule has 0 saturated carbocycles. The van der Waals surface area contributed by atoms with Crippen LogP contribution in [0.4, 0.5) is 0 Å². The number of piperidine rings is 1. The second-order valence-corrected chi connectivity index (χ2v) is 11.3. The SMILES string of the molecule is C#CCn1c(=NC(=O)CS(=O)(=O)CC(=O)N2CCCC(C)C2)sc2cc(C(=O)OCC)ccc21. The Balaban J connectivity index is 1.82. The Kier molecular flexibility index (Phi) is 8.28. The van der Waals surface area contributed by atoms with E-state index >= 15 is 0 Å². The number of fused-ring (bicyclic) bond motifs is 1. The van der Waals surface area contributed by atoms with Gasteiger partial charge in [0.25, 0.3) is 5.91 Å². The van der Waals surface area contributed by atoms with Crippen LogP contribution in [0.2, 0.25) is 0 Å². The summed E-state index contributed by atoms with van der Waals surface area (Å²) in [6.45, 7) is 5.11. The van der Waals surface area contributed by atoms with Crippen molar-refractivity contribution in [3.8, 4) is 12.3 Å². The molecule has 34 heavy (non-hydrogen) atoms. The molecule has 1 aromatic carbocycles. The number of ether oxygens (including phenoxy) is 1. The van der Waals surface area contributed by atoms with Crippen molar-refractivity contribution < 1.29 is 27.5 Å². The lowest BCUT2D eigenvalue weighted by molar-refractivity contribution is -0.130. The minimum absolute atomic E-state index is 0.100. The van der Waals surface area contributed by atoms with Crippen LogP contribution in [0, 0.1) is 18.3 Å². The molecule has 1 fully saturated rings. The Hall–Kier alpha value is -2.97. The van der Waals surface area contributed by atoms with Crippen molar-refractivity contribution in [2.75, 3.05) is 31.2 Å². The van der Waals surface area contributed by atoms with Crippen molar-refractivity contribution in [1.29, 1.82) is 0 Å². The second kappa shape index (κ2) is 11.0. The van der Waals surface area contributed by atoms with E-state index in [-0.39, 0.29) is 18.0 Å². The van der Waals surface area contributed by atoms with E-state index in [1.165, 1.54) is 0 Å². The van der Waals surface area contributed by atoms with Gasteiger partial charge in [0, 0.05) is 13.1 Å². The van der Waals surface area contributed by atoms with Gasteiger partial charge in [0.05, 0.1) is 28.9 Å². The molecule has 1 saturated heterocycles. The van der Waals surface area contributed by atoms with E-state index in [1.807, 2.05) is 6.92 Å². The number of likely N-dealkylation sites (tertiary alicyclic amines) is 1. The lowest BCUT2D eigenvalue weighted by atomic mass is 10.0. The van der Waals surface area contributed by atoms with E-state index in [1.54, 1.807) is 34.6 Å². The highest BCUT2D eigenvalue weighted by Gasteiger charge is 2.27. The normalized spacial score (nSPS) is 16.9. The van der Waals surface area contributed by atoms with Gasteiger partial charge in [-0.2, -0.15) is 4.99 Å². The van der Waals surface area contributed by atoms with Crippen LogP contribution in [0.15, 0.2) is 23.2 Å². The first-order valence-electron chi connectivity index (χ1n) is 10.9. The summed E-state index contributed by atoms with van der Waals surface area (Å²) < 4.78 is 32.3. The lowest BCUT2D eigenvalue weighted by Gasteiger charge is -2.30. The zero-order chi connectivity index (χ0) is 24.9. The number of aromatic nitrogens is 1. The fourth-order valence-electron chi connectivity index (χ4n) is 3.82. The molecule has 11 heteroatoms. The molecule has 0 radical (unpaired) electrons. The Morgan fingerprint density at radius 1 is 1.29 bits per heavy atom. The minimum atomic E-state index is -3.99. The summed E-state index contributed by atoms with van der Waals surface area (Å²) in [7, 11) is -3.99. The molecule has 1 aromatic heterocycles. The topological polar surface area (TPSA) is 115 Å². The number of hydrogen-bond acceptors (Lipinski definition) is 7. The fraction of sp³-hybridized carbons (Fsp3) is 0.478. The van der Waals surface area contributed by atoms with Gasteiger partial charge in [-0.3, -0.25) is 9.59 Å². The zero-order valence-corrected chi connectivity index (χ0v) is 20.8. The molecular formula is C23H27N3O6S2. The number of nitrogens with zero attached hydrogens (tertiary/aromatic N) is 3. The summed E-state index contributed by atoms with van der Waals surface area (Å²) in [6, 6.07) is 4.88. The van der Waals surface area contributed by atoms with Crippen LogP contribution in [-0.4, -0.2) is 66.9 Å². The molecule has 0 spiro atoms. The molecule has 0 N–H and O–H groups in total. The van der Waals surface area contributed by atoms with Crippen molar-refractivity contribution in [2.24, 2.45) is 10.9 Å². The standard InChI is InChI=1S/C23H27N3O6S2/c1-4-10-26-18-9-8-17(22(29)32-5-2)12-19(18)33-23(26)24-20(27)14-34(30,31)15-21(28)25-11-6-7-16(3)13-25/h1,8-9,12,16H,5-7,10-11,13-15H2,2-3H3. The molecule has 0 aliphatic carbocycles. The summed E-state index contributed by atoms with van der Waals surface area (Å²) >= 11 is 1.11. The molecular weight excluding hydrogens is 478 g/mol. The van der Waals surface area contributed by atoms with Crippen LogP contribution in [0.5, 0.6) is 0 Å². The van der Waals surface area contributed by atoms with E-state index in [0.717, 1.165) is 24.2 Å². The van der Waals surface area contributed by atoms with Crippen molar-refractivity contribution in [3.63, 3.8) is 0 Å². The molecule has 0 bridgehead atoms. The van der Waals surface area contributed by atoms with E-state index in [4.69, 9.17) is 11.2 Å². The van der Waals surface area contributed by atoms with Crippen LogP contribution < -0.4 is 4.80 Å². The summed E-state index contributed by atoms with van der Waals surface area (Å²) in [6.07, 6.45) is 7.30. The average molecular weight is 506 g/mol. The number of esters is 1. The van der Waals surface area contributed by atoms with Crippen LogP contribution >= 0.6 is 11.3 Å². The highest BCUT2D eigenvalue weighted by molar-refractivity contribution is 7.92. The second-order valence-electron chi connectivity index (χ2n) is 8.20. The van der Waals surface area contributed by atoms with Gasteiger partial charge in [-0.05, 0) is 43.9 Å². The Morgan fingerprint density at radius 2 is 2.06 bits per heavy atom. The largest absolute Gasteiger partial charge is 0.462 e. The van der Waals surface area contributed by atoms with E-state index in [2.05, 4.69) is 10.9 Å². The van der Waals surface area contributed by atoms with Gasteiger partial charge in [-0.25, -0.2) is 13.2 Å². The molecule has 9 nitrogen and oxygen atoms in total. The predicted octanol–water partition coefficient (Wildman–Crippen LogP) is 1.61. The summed E-state index contributed by atoms with van der Waals surface area (Å²) in [4.78, 5) is 42.7. The van der Waals surface area contributed by atoms with Crippen LogP contribution in [0.3, 0.4) is 0 Å². The number of terminal acetylenes is 1. The Labute approximate surface area is 202 Å². The number of rotatable bonds is 7. The predicted molar refractivity (Wildman–Crippen MR) is 129 cm³/mol. The van der Waals surface area contributed by atoms with Crippen LogP contribution in [0.1, 0.15) is 37.0 Å². The average Bonchev–Trinajstić information content (AvgIpc) is 3.09. The number of amides is 2. The number of carbonyl (C=O) groups excluding carboxylic acids is 3. The first-order chi connectivity index (χ1) is 16.1. The van der Waals surface area contributed by atoms with Gasteiger partial charge in [0.1, 0.15) is 11.5 Å². The van der Waals surface area contributed by atoms with Crippen molar-refractivity contribution >= 4 is 49.2 Å². The number of hydrogen-bond donors (Lipinski definition) is 0. The summed E-state index contributed by atoms with van der Waals surface area (Å²) in [5.41, 5.74) is 0.995. The van der Waals surface area contributed by atoms with Crippen molar-refractivity contribution in [1.82, 2.24) is 9.47 Å². The third kappa shape index (κ3) is 6.33. The zero-order valence-electron chi connectivity index (χ0n) is 19.2. The highest BCUT2D eigenvalue weighted by Crippen LogP contribution is 2.20. The fourth-order valence-corrected chi connectivity index (χ4v) is 6.01. The van der Waals surface area contributed by atoms with Gasteiger partial charge in [0.2, 0.25) is 5.91 Å². The smallest absolute Gasteiger partial charge is 0.338 e. The molecule has 182 valence electrons. The molecule has 3 rings (SSSR count). The third-order valence-corrected chi connectivity index (χ3v) is 7.77.